The van der Waals surface area contributed by atoms with Crippen molar-refractivity contribution in [2.45, 2.75) is 18.9 Å². The van der Waals surface area contributed by atoms with Crippen molar-refractivity contribution in [2.24, 2.45) is 0 Å². The molecule has 0 atom stereocenters. The fourth-order valence-corrected chi connectivity index (χ4v) is 2.01. The summed E-state index contributed by atoms with van der Waals surface area (Å²) in [5, 5.41) is 12.2. The Labute approximate surface area is 99.7 Å². The van der Waals surface area contributed by atoms with Gasteiger partial charge in [0.05, 0.1) is 12.4 Å². The van der Waals surface area contributed by atoms with Crippen LogP contribution in [0.3, 0.4) is 0 Å². The van der Waals surface area contributed by atoms with Gasteiger partial charge in [-0.3, -0.25) is 4.98 Å². The Kier molecular flexibility index (Phi) is 3.53. The summed E-state index contributed by atoms with van der Waals surface area (Å²) >= 11 is 0. The van der Waals surface area contributed by atoms with E-state index in [1.807, 2.05) is 11.9 Å². The first-order valence-corrected chi connectivity index (χ1v) is 5.67. The first-order valence-electron chi connectivity index (χ1n) is 5.67. The van der Waals surface area contributed by atoms with Gasteiger partial charge in [0.15, 0.2) is 5.69 Å². The van der Waals surface area contributed by atoms with Gasteiger partial charge in [0.1, 0.15) is 5.82 Å². The number of aromatic carboxylic acids is 1. The highest BCUT2D eigenvalue weighted by Crippen LogP contribution is 2.17. The van der Waals surface area contributed by atoms with Crippen molar-refractivity contribution in [2.75, 3.05) is 25.0 Å². The second kappa shape index (κ2) is 5.09. The molecule has 1 aromatic heterocycles. The summed E-state index contributed by atoms with van der Waals surface area (Å²) < 4.78 is 0. The van der Waals surface area contributed by atoms with Gasteiger partial charge in [-0.2, -0.15) is 0 Å². The second-order valence-electron chi connectivity index (χ2n) is 4.16. The predicted molar refractivity (Wildman–Crippen MR) is 63.3 cm³/mol. The Hall–Kier alpha value is -1.69. The van der Waals surface area contributed by atoms with Crippen LogP contribution in [0.1, 0.15) is 23.3 Å². The summed E-state index contributed by atoms with van der Waals surface area (Å²) in [5.41, 5.74) is -0.0108. The van der Waals surface area contributed by atoms with Crippen LogP contribution in [0, 0.1) is 0 Å². The molecular weight excluding hydrogens is 220 g/mol. The molecule has 0 radical (unpaired) electrons. The summed E-state index contributed by atoms with van der Waals surface area (Å²) in [6.07, 6.45) is 4.95. The summed E-state index contributed by atoms with van der Waals surface area (Å²) in [7, 11) is 1.94. The van der Waals surface area contributed by atoms with Gasteiger partial charge in [-0.25, -0.2) is 9.78 Å². The van der Waals surface area contributed by atoms with Crippen LogP contribution in [0.4, 0.5) is 5.82 Å². The summed E-state index contributed by atoms with van der Waals surface area (Å²) in [5.74, 6) is -0.421. The van der Waals surface area contributed by atoms with E-state index >= 15 is 0 Å². The van der Waals surface area contributed by atoms with Crippen LogP contribution in [0.15, 0.2) is 12.4 Å². The zero-order chi connectivity index (χ0) is 12.3. The Bertz CT molecular complexity index is 404. The fraction of sp³-hybridized carbons (Fsp3) is 0.545. The van der Waals surface area contributed by atoms with E-state index in [1.165, 1.54) is 6.20 Å². The summed E-state index contributed by atoms with van der Waals surface area (Å²) in [6, 6.07) is 0.398. The predicted octanol–water partition coefficient (Wildman–Crippen LogP) is 0.363. The number of hydrogen-bond donors (Lipinski definition) is 2. The second-order valence-corrected chi connectivity index (χ2v) is 4.16. The SMILES string of the molecule is CN(c1cncc(C(=O)O)n1)C1CCNCC1. The smallest absolute Gasteiger partial charge is 0.356 e. The molecule has 0 aliphatic carbocycles. The van der Waals surface area contributed by atoms with E-state index in [4.69, 9.17) is 5.11 Å². The normalized spacial score (nSPS) is 16.8. The molecule has 1 fully saturated rings. The Balaban J connectivity index is 2.14. The Morgan fingerprint density at radius 1 is 1.47 bits per heavy atom. The number of rotatable bonds is 3. The molecule has 0 amide bonds. The molecule has 0 bridgehead atoms. The molecule has 0 saturated carbocycles. The quantitative estimate of drug-likeness (QED) is 0.789. The number of anilines is 1. The Morgan fingerprint density at radius 2 is 2.18 bits per heavy atom. The summed E-state index contributed by atoms with van der Waals surface area (Å²) in [6.45, 7) is 1.97. The molecule has 92 valence electrons. The average molecular weight is 236 g/mol. The molecule has 0 spiro atoms. The van der Waals surface area contributed by atoms with Crippen molar-refractivity contribution in [3.8, 4) is 0 Å². The van der Waals surface area contributed by atoms with E-state index in [0.717, 1.165) is 25.9 Å². The van der Waals surface area contributed by atoms with E-state index in [-0.39, 0.29) is 5.69 Å². The van der Waals surface area contributed by atoms with Crippen molar-refractivity contribution < 1.29 is 9.90 Å². The van der Waals surface area contributed by atoms with Crippen LogP contribution in [0.5, 0.6) is 0 Å². The number of carboxylic acid groups (broad SMARTS) is 1. The zero-order valence-corrected chi connectivity index (χ0v) is 9.76. The van der Waals surface area contributed by atoms with Crippen molar-refractivity contribution in [3.05, 3.63) is 18.1 Å². The zero-order valence-electron chi connectivity index (χ0n) is 9.76. The number of piperidine rings is 1. The van der Waals surface area contributed by atoms with Crippen LogP contribution in [0.25, 0.3) is 0 Å². The van der Waals surface area contributed by atoms with Crippen molar-refractivity contribution >= 4 is 11.8 Å². The number of nitrogens with zero attached hydrogens (tertiary/aromatic N) is 3. The van der Waals surface area contributed by atoms with Gasteiger partial charge < -0.3 is 15.3 Å². The molecule has 0 aromatic carbocycles. The van der Waals surface area contributed by atoms with Gasteiger partial charge in [-0.05, 0) is 25.9 Å². The third kappa shape index (κ3) is 2.71. The van der Waals surface area contributed by atoms with Gasteiger partial charge in [-0.1, -0.05) is 0 Å². The van der Waals surface area contributed by atoms with Gasteiger partial charge in [-0.15, -0.1) is 0 Å². The van der Waals surface area contributed by atoms with Gasteiger partial charge in [0.2, 0.25) is 0 Å². The largest absolute Gasteiger partial charge is 0.476 e. The van der Waals surface area contributed by atoms with E-state index in [2.05, 4.69) is 15.3 Å². The van der Waals surface area contributed by atoms with Gasteiger partial charge in [0.25, 0.3) is 0 Å². The lowest BCUT2D eigenvalue weighted by Crippen LogP contribution is -2.41. The van der Waals surface area contributed by atoms with Gasteiger partial charge >= 0.3 is 5.97 Å². The van der Waals surface area contributed by atoms with E-state index in [9.17, 15) is 4.79 Å². The van der Waals surface area contributed by atoms with Crippen LogP contribution in [0.2, 0.25) is 0 Å². The number of aromatic nitrogens is 2. The minimum absolute atomic E-state index is 0.0108. The average Bonchev–Trinajstić information content (AvgIpc) is 2.39. The first-order chi connectivity index (χ1) is 8.18. The van der Waals surface area contributed by atoms with Crippen LogP contribution in [-0.4, -0.2) is 47.2 Å². The lowest BCUT2D eigenvalue weighted by molar-refractivity contribution is 0.0690. The molecule has 1 aliphatic heterocycles. The maximum Gasteiger partial charge on any atom is 0.356 e. The molecule has 2 N–H and O–H groups in total. The van der Waals surface area contributed by atoms with E-state index < -0.39 is 5.97 Å². The van der Waals surface area contributed by atoms with Crippen molar-refractivity contribution in [1.82, 2.24) is 15.3 Å². The molecular formula is C11H16N4O2. The summed E-state index contributed by atoms with van der Waals surface area (Å²) in [4.78, 5) is 20.8. The van der Waals surface area contributed by atoms with Crippen molar-refractivity contribution in [3.63, 3.8) is 0 Å². The molecule has 0 unspecified atom stereocenters. The van der Waals surface area contributed by atoms with Crippen LogP contribution < -0.4 is 10.2 Å². The lowest BCUT2D eigenvalue weighted by Gasteiger charge is -2.32. The number of carboxylic acids is 1. The molecule has 2 rings (SSSR count). The van der Waals surface area contributed by atoms with Gasteiger partial charge in [0, 0.05) is 13.1 Å². The van der Waals surface area contributed by atoms with Crippen LogP contribution >= 0.6 is 0 Å². The fourth-order valence-electron chi connectivity index (χ4n) is 2.01. The molecule has 1 aromatic rings. The molecule has 1 aliphatic rings. The molecule has 2 heterocycles. The monoisotopic (exact) mass is 236 g/mol. The molecule has 6 heteroatoms. The molecule has 1 saturated heterocycles. The minimum Gasteiger partial charge on any atom is -0.476 e. The maximum atomic E-state index is 10.8. The lowest BCUT2D eigenvalue weighted by atomic mass is 10.1. The third-order valence-electron chi connectivity index (χ3n) is 3.06. The number of nitrogens with one attached hydrogen (secondary N) is 1. The van der Waals surface area contributed by atoms with Crippen LogP contribution in [-0.2, 0) is 0 Å². The maximum absolute atomic E-state index is 10.8. The molecule has 6 nitrogen and oxygen atoms in total. The molecule has 17 heavy (non-hydrogen) atoms. The van der Waals surface area contributed by atoms with E-state index in [0.29, 0.717) is 11.9 Å². The number of hydrogen-bond acceptors (Lipinski definition) is 5. The Morgan fingerprint density at radius 3 is 2.82 bits per heavy atom. The minimum atomic E-state index is -1.04. The highest BCUT2D eigenvalue weighted by Gasteiger charge is 2.19. The topological polar surface area (TPSA) is 78.4 Å². The highest BCUT2D eigenvalue weighted by molar-refractivity contribution is 5.85. The highest BCUT2D eigenvalue weighted by atomic mass is 16.4. The first kappa shape index (κ1) is 11.8. The van der Waals surface area contributed by atoms with E-state index in [1.54, 1.807) is 6.20 Å². The number of carbonyl (C=O) groups is 1. The standard InChI is InChI=1S/C11H16N4O2/c1-15(8-2-4-12-5-3-8)10-7-13-6-9(14-10)11(16)17/h6-8,12H,2-5H2,1H3,(H,16,17). The van der Waals surface area contributed by atoms with Crippen molar-refractivity contribution in [1.29, 1.82) is 0 Å². The third-order valence-corrected chi connectivity index (χ3v) is 3.06.